The summed E-state index contributed by atoms with van der Waals surface area (Å²) in [7, 11) is -0.362. The first-order valence-electron chi connectivity index (χ1n) is 11.2. The van der Waals surface area contributed by atoms with Gasteiger partial charge in [-0.1, -0.05) is 59.3 Å². The van der Waals surface area contributed by atoms with Gasteiger partial charge in [-0.05, 0) is 20.3 Å². The molecule has 0 aromatic rings. The lowest BCUT2D eigenvalue weighted by Crippen LogP contribution is -2.74. The molecule has 8 nitrogen and oxygen atoms in total. The second kappa shape index (κ2) is 11.4. The van der Waals surface area contributed by atoms with E-state index >= 15 is 0 Å². The van der Waals surface area contributed by atoms with Crippen LogP contribution in [0.5, 0.6) is 0 Å². The Morgan fingerprint density at radius 2 is 1.39 bits per heavy atom. The van der Waals surface area contributed by atoms with E-state index in [4.69, 9.17) is 0 Å². The first-order valence-corrected chi connectivity index (χ1v) is 12.7. The molecule has 0 aromatic carbocycles. The summed E-state index contributed by atoms with van der Waals surface area (Å²) in [6.45, 7) is 7.96. The van der Waals surface area contributed by atoms with Crippen molar-refractivity contribution in [3.8, 4) is 0 Å². The predicted octanol–water partition coefficient (Wildman–Crippen LogP) is 1.59. The molecule has 0 saturated carbocycles. The van der Waals surface area contributed by atoms with E-state index in [9.17, 15) is 33.1 Å². The number of quaternary nitrogens is 1. The number of unbranched alkanes of at least 4 members (excludes halogenated alkanes) is 5. The molecule has 0 spiro atoms. The monoisotopic (exact) mass is 467 g/mol. The summed E-state index contributed by atoms with van der Waals surface area (Å²) in [4.78, 5) is 12.4. The first kappa shape index (κ1) is 30.3. The minimum atomic E-state index is -4.98. The van der Waals surface area contributed by atoms with Crippen molar-refractivity contribution in [1.82, 2.24) is 0 Å². The molecule has 0 aliphatic carbocycles. The number of carbonyl (C=O) groups is 1. The zero-order chi connectivity index (χ0) is 24.8. The number of rotatable bonds is 15. The molecule has 0 aromatic heterocycles. The van der Waals surface area contributed by atoms with Gasteiger partial charge < -0.3 is 24.6 Å². The number of carboxylic acids is 1. The van der Waals surface area contributed by atoms with Crippen LogP contribution in [-0.4, -0.2) is 77.8 Å². The van der Waals surface area contributed by atoms with Crippen molar-refractivity contribution in [2.45, 2.75) is 103 Å². The van der Waals surface area contributed by atoms with Crippen LogP contribution in [-0.2, 0) is 14.9 Å². The molecule has 0 amide bonds. The third-order valence-corrected chi connectivity index (χ3v) is 8.64. The number of likely N-dealkylation sites (N-methyl/N-ethyl adjacent to an activating group) is 1. The van der Waals surface area contributed by atoms with Crippen LogP contribution < -0.4 is 5.11 Å². The molecule has 0 aliphatic rings. The number of aliphatic carboxylic acids is 1. The molecular formula is C22H45NO7S. The van der Waals surface area contributed by atoms with E-state index < -0.39 is 50.4 Å². The fraction of sp³-hybridized carbons (Fsp3) is 0.955. The molecule has 0 aliphatic heterocycles. The highest BCUT2D eigenvalue weighted by molar-refractivity contribution is 7.87. The van der Waals surface area contributed by atoms with E-state index in [2.05, 4.69) is 6.92 Å². The first-order chi connectivity index (χ1) is 13.9. The van der Waals surface area contributed by atoms with Crippen molar-refractivity contribution in [3.05, 3.63) is 0 Å². The molecule has 9 heteroatoms. The zero-order valence-corrected chi connectivity index (χ0v) is 21.4. The average Bonchev–Trinajstić information content (AvgIpc) is 2.52. The zero-order valence-electron chi connectivity index (χ0n) is 20.6. The number of carbonyl (C=O) groups excluding carboxylic acids is 1. The highest BCUT2D eigenvalue weighted by Crippen LogP contribution is 2.52. The van der Waals surface area contributed by atoms with Gasteiger partial charge in [-0.25, -0.2) is 0 Å². The third kappa shape index (κ3) is 6.87. The highest BCUT2D eigenvalue weighted by atomic mass is 32.2. The summed E-state index contributed by atoms with van der Waals surface area (Å²) in [6.07, 6.45) is 2.61. The Morgan fingerprint density at radius 3 is 1.71 bits per heavy atom. The Morgan fingerprint density at radius 1 is 0.968 bits per heavy atom. The van der Waals surface area contributed by atoms with Crippen LogP contribution in [0.15, 0.2) is 0 Å². The van der Waals surface area contributed by atoms with Gasteiger partial charge in [0.05, 0.1) is 33.4 Å². The van der Waals surface area contributed by atoms with Crippen LogP contribution in [0.4, 0.5) is 0 Å². The molecule has 3 N–H and O–H groups in total. The number of aliphatic hydroxyl groups excluding tert-OH is 2. The molecule has 0 heterocycles. The van der Waals surface area contributed by atoms with Crippen LogP contribution >= 0.6 is 0 Å². The van der Waals surface area contributed by atoms with Crippen molar-refractivity contribution >= 4 is 16.1 Å². The van der Waals surface area contributed by atoms with Crippen molar-refractivity contribution in [3.63, 3.8) is 0 Å². The van der Waals surface area contributed by atoms with Gasteiger partial charge in [-0.15, -0.1) is 0 Å². The maximum atomic E-state index is 13.1. The number of hydrogen-bond acceptors (Lipinski definition) is 6. The van der Waals surface area contributed by atoms with Crippen LogP contribution in [0.25, 0.3) is 0 Å². The van der Waals surface area contributed by atoms with Gasteiger partial charge in [-0.3, -0.25) is 4.55 Å². The van der Waals surface area contributed by atoms with Crippen LogP contribution in [0.2, 0.25) is 0 Å². The second-order valence-electron chi connectivity index (χ2n) is 10.4. The largest absolute Gasteiger partial charge is 0.544 e. The molecule has 0 saturated heterocycles. The van der Waals surface area contributed by atoms with Gasteiger partial charge in [0.1, 0.15) is 5.97 Å². The predicted molar refractivity (Wildman–Crippen MR) is 120 cm³/mol. The standard InChI is InChI=1S/C22H45NO7S/c1-9-10-11-12-13-14-15-22(31(28,29)30,19(20(26)27)23(6,7)8)21(4,5)18(16(2)24)17(3)25/h16-19,24-25H,9-15H2,1-8H3,(H-,26,27,28,29,30). The molecule has 31 heavy (non-hydrogen) atoms. The quantitative estimate of drug-likeness (QED) is 0.189. The Kier molecular flexibility index (Phi) is 11.1. The number of aliphatic hydroxyl groups is 2. The summed E-state index contributed by atoms with van der Waals surface area (Å²) < 4.78 is 34.3. The van der Waals surface area contributed by atoms with E-state index in [-0.39, 0.29) is 10.9 Å². The van der Waals surface area contributed by atoms with E-state index in [1.807, 2.05) is 0 Å². The van der Waals surface area contributed by atoms with E-state index in [1.54, 1.807) is 0 Å². The summed E-state index contributed by atoms with van der Waals surface area (Å²) in [5, 5.41) is 33.3. The average molecular weight is 468 g/mol. The maximum Gasteiger partial charge on any atom is 0.277 e. The fourth-order valence-electron chi connectivity index (χ4n) is 5.61. The number of nitrogens with zero attached hydrogens (tertiary/aromatic N) is 1. The summed E-state index contributed by atoms with van der Waals surface area (Å²) in [6, 6.07) is -1.63. The third-order valence-electron chi connectivity index (χ3n) is 6.77. The van der Waals surface area contributed by atoms with Crippen LogP contribution in [0.1, 0.15) is 79.6 Å². The van der Waals surface area contributed by atoms with E-state index in [0.29, 0.717) is 12.8 Å². The van der Waals surface area contributed by atoms with Crippen molar-refractivity contribution in [1.29, 1.82) is 0 Å². The fourth-order valence-corrected chi connectivity index (χ4v) is 7.50. The number of hydrogen-bond donors (Lipinski definition) is 3. The highest BCUT2D eigenvalue weighted by Gasteiger charge is 2.67. The molecule has 0 bridgehead atoms. The van der Waals surface area contributed by atoms with Gasteiger partial charge >= 0.3 is 0 Å². The van der Waals surface area contributed by atoms with E-state index in [1.165, 1.54) is 48.8 Å². The lowest BCUT2D eigenvalue weighted by Gasteiger charge is -2.56. The Labute approximate surface area is 189 Å². The molecule has 0 fully saturated rings. The topological polar surface area (TPSA) is 135 Å². The lowest BCUT2D eigenvalue weighted by atomic mass is 9.60. The Balaban J connectivity index is 6.81. The smallest absolute Gasteiger partial charge is 0.277 e. The molecule has 0 radical (unpaired) electrons. The minimum Gasteiger partial charge on any atom is -0.544 e. The van der Waals surface area contributed by atoms with Gasteiger partial charge in [0.15, 0.2) is 10.8 Å². The minimum absolute atomic E-state index is 0.130. The summed E-state index contributed by atoms with van der Waals surface area (Å²) >= 11 is 0. The van der Waals surface area contributed by atoms with E-state index in [0.717, 1.165) is 25.7 Å². The SMILES string of the molecule is CCCCCCCCC(C(C(=O)[O-])[N+](C)(C)C)(C(C)(C)C(C(C)O)C(C)O)S(=O)(=O)O. The van der Waals surface area contributed by atoms with Crippen LogP contribution in [0.3, 0.4) is 0 Å². The van der Waals surface area contributed by atoms with Crippen molar-refractivity contribution in [2.24, 2.45) is 11.3 Å². The Hall–Kier alpha value is -0.740. The van der Waals surface area contributed by atoms with Gasteiger partial charge in [0.25, 0.3) is 10.1 Å². The summed E-state index contributed by atoms with van der Waals surface area (Å²) in [5.74, 6) is -2.61. The Bertz CT molecular complexity index is 660. The van der Waals surface area contributed by atoms with Crippen molar-refractivity contribution in [2.75, 3.05) is 21.1 Å². The molecule has 186 valence electrons. The second-order valence-corrected chi connectivity index (χ2v) is 12.1. The summed E-state index contributed by atoms with van der Waals surface area (Å²) in [5.41, 5.74) is -1.51. The van der Waals surface area contributed by atoms with Crippen LogP contribution in [0, 0.1) is 11.3 Å². The number of carboxylic acid groups (broad SMARTS) is 1. The molecule has 4 unspecified atom stereocenters. The van der Waals surface area contributed by atoms with Gasteiger partial charge in [-0.2, -0.15) is 8.42 Å². The normalized spacial score (nSPS) is 19.3. The molecule has 4 atom stereocenters. The van der Waals surface area contributed by atoms with Gasteiger partial charge in [0.2, 0.25) is 0 Å². The molecular weight excluding hydrogens is 422 g/mol. The molecule has 0 rings (SSSR count). The van der Waals surface area contributed by atoms with Crippen molar-refractivity contribution < 1.29 is 37.6 Å². The van der Waals surface area contributed by atoms with Gasteiger partial charge in [0, 0.05) is 11.3 Å². The maximum absolute atomic E-state index is 13.1. The lowest BCUT2D eigenvalue weighted by molar-refractivity contribution is -0.892.